The van der Waals surface area contributed by atoms with E-state index in [-0.39, 0.29) is 6.09 Å². The molecule has 0 unspecified atom stereocenters. The van der Waals surface area contributed by atoms with Gasteiger partial charge in [-0.2, -0.15) is 0 Å². The highest BCUT2D eigenvalue weighted by molar-refractivity contribution is 5.67. The van der Waals surface area contributed by atoms with Gasteiger partial charge in [0.05, 0.1) is 7.11 Å². The van der Waals surface area contributed by atoms with Crippen molar-refractivity contribution in [3.05, 3.63) is 24.3 Å². The van der Waals surface area contributed by atoms with Gasteiger partial charge in [-0.05, 0) is 71.2 Å². The number of rotatable bonds is 7. The Hall–Kier alpha value is -1.95. The maximum absolute atomic E-state index is 11.7. The lowest BCUT2D eigenvalue weighted by Crippen LogP contribution is -2.44. The number of amides is 1. The Bertz CT molecular complexity index is 575. The Balaban J connectivity index is 1.66. The fourth-order valence-corrected chi connectivity index (χ4v) is 3.29. The summed E-state index contributed by atoms with van der Waals surface area (Å²) in [6.45, 7) is 10.6. The van der Waals surface area contributed by atoms with E-state index in [0.29, 0.717) is 18.6 Å². The van der Waals surface area contributed by atoms with Crippen LogP contribution in [0, 0.1) is 0 Å². The number of benzene rings is 1. The Morgan fingerprint density at radius 1 is 1.22 bits per heavy atom. The molecule has 1 fully saturated rings. The van der Waals surface area contributed by atoms with Crippen molar-refractivity contribution >= 4 is 11.8 Å². The molecule has 1 aliphatic heterocycles. The average Bonchev–Trinajstić information content (AvgIpc) is 2.61. The van der Waals surface area contributed by atoms with E-state index in [0.717, 1.165) is 43.8 Å². The van der Waals surface area contributed by atoms with Crippen molar-refractivity contribution in [2.45, 2.75) is 64.6 Å². The molecule has 1 saturated heterocycles. The van der Waals surface area contributed by atoms with Gasteiger partial charge in [0.15, 0.2) is 0 Å². The number of likely N-dealkylation sites (tertiary alicyclic amines) is 1. The number of anilines is 1. The number of ether oxygens (including phenoxy) is 2. The second-order valence-corrected chi connectivity index (χ2v) is 8.25. The zero-order valence-corrected chi connectivity index (χ0v) is 17.4. The Morgan fingerprint density at radius 3 is 2.41 bits per heavy atom. The number of nitrogens with zero attached hydrogens (tertiary/aromatic N) is 1. The molecule has 152 valence electrons. The zero-order valence-electron chi connectivity index (χ0n) is 17.4. The molecule has 2 rings (SSSR count). The minimum absolute atomic E-state index is 0.336. The largest absolute Gasteiger partial charge is 0.497 e. The topological polar surface area (TPSA) is 62.8 Å². The van der Waals surface area contributed by atoms with Gasteiger partial charge < -0.3 is 25.0 Å². The average molecular weight is 378 g/mol. The predicted molar refractivity (Wildman–Crippen MR) is 110 cm³/mol. The summed E-state index contributed by atoms with van der Waals surface area (Å²) in [7, 11) is 1.68. The van der Waals surface area contributed by atoms with E-state index >= 15 is 0 Å². The number of alkyl carbamates (subject to hydrolysis) is 1. The summed E-state index contributed by atoms with van der Waals surface area (Å²) in [5.41, 5.74) is 0.693. The van der Waals surface area contributed by atoms with E-state index in [1.807, 2.05) is 32.9 Å². The molecule has 6 heteroatoms. The number of methoxy groups -OCH3 is 1. The molecular weight excluding hydrogens is 342 g/mol. The molecule has 1 aromatic carbocycles. The van der Waals surface area contributed by atoms with E-state index in [9.17, 15) is 4.79 Å². The van der Waals surface area contributed by atoms with Gasteiger partial charge in [0, 0.05) is 37.4 Å². The van der Waals surface area contributed by atoms with Gasteiger partial charge in [0.25, 0.3) is 0 Å². The number of carbonyl (C=O) groups is 1. The lowest BCUT2D eigenvalue weighted by Gasteiger charge is -2.36. The molecule has 1 heterocycles. The monoisotopic (exact) mass is 377 g/mol. The van der Waals surface area contributed by atoms with Crippen molar-refractivity contribution in [2.75, 3.05) is 32.1 Å². The third-order valence-corrected chi connectivity index (χ3v) is 4.84. The van der Waals surface area contributed by atoms with Crippen molar-refractivity contribution < 1.29 is 14.3 Å². The van der Waals surface area contributed by atoms with E-state index in [1.165, 1.54) is 0 Å². The Kier molecular flexibility index (Phi) is 7.78. The quantitative estimate of drug-likeness (QED) is 0.755. The summed E-state index contributed by atoms with van der Waals surface area (Å²) in [5.74, 6) is 0.879. The third kappa shape index (κ3) is 7.67. The van der Waals surface area contributed by atoms with Crippen molar-refractivity contribution in [1.82, 2.24) is 10.2 Å². The summed E-state index contributed by atoms with van der Waals surface area (Å²) in [6, 6.07) is 9.05. The first-order valence-corrected chi connectivity index (χ1v) is 9.88. The predicted octanol–water partition coefficient (Wildman–Crippen LogP) is 3.87. The van der Waals surface area contributed by atoms with E-state index in [2.05, 4.69) is 34.6 Å². The highest BCUT2D eigenvalue weighted by Gasteiger charge is 2.23. The number of piperidine rings is 1. The Morgan fingerprint density at radius 2 is 1.85 bits per heavy atom. The lowest BCUT2D eigenvalue weighted by molar-refractivity contribution is 0.0521. The summed E-state index contributed by atoms with van der Waals surface area (Å²) >= 11 is 0. The van der Waals surface area contributed by atoms with Crippen LogP contribution in [-0.2, 0) is 4.74 Å². The number of hydrogen-bond donors (Lipinski definition) is 2. The normalized spacial score (nSPS) is 17.2. The summed E-state index contributed by atoms with van der Waals surface area (Å²) in [6.07, 6.45) is 2.83. The molecular formula is C21H35N3O3. The van der Waals surface area contributed by atoms with E-state index in [1.54, 1.807) is 7.11 Å². The lowest BCUT2D eigenvalue weighted by atomic mass is 10.0. The zero-order chi connectivity index (χ0) is 19.9. The molecule has 6 nitrogen and oxygen atoms in total. The summed E-state index contributed by atoms with van der Waals surface area (Å²) in [4.78, 5) is 14.2. The van der Waals surface area contributed by atoms with Crippen molar-refractivity contribution in [1.29, 1.82) is 0 Å². The first-order valence-electron chi connectivity index (χ1n) is 9.88. The second-order valence-electron chi connectivity index (χ2n) is 8.25. The van der Waals surface area contributed by atoms with Gasteiger partial charge in [-0.1, -0.05) is 0 Å². The van der Waals surface area contributed by atoms with Crippen molar-refractivity contribution in [3.8, 4) is 5.75 Å². The minimum atomic E-state index is -0.450. The minimum Gasteiger partial charge on any atom is -0.497 e. The van der Waals surface area contributed by atoms with E-state index < -0.39 is 5.60 Å². The molecule has 0 aliphatic carbocycles. The van der Waals surface area contributed by atoms with Crippen LogP contribution in [-0.4, -0.2) is 55.4 Å². The first kappa shape index (κ1) is 21.4. The van der Waals surface area contributed by atoms with Crippen LogP contribution in [0.1, 0.15) is 47.0 Å². The van der Waals surface area contributed by atoms with Gasteiger partial charge in [-0.25, -0.2) is 4.79 Å². The molecule has 0 saturated carbocycles. The fourth-order valence-electron chi connectivity index (χ4n) is 3.29. The molecule has 1 aromatic rings. The van der Waals surface area contributed by atoms with Crippen LogP contribution >= 0.6 is 0 Å². The standard InChI is InChI=1S/C21H35N3O3/c1-16(10-13-22-20(25)27-21(2,3)4)24-14-11-18(12-15-24)23-17-6-8-19(26-5)9-7-17/h6-9,16,18,23H,10-15H2,1-5H3,(H,22,25)/t16-/m1/s1. The SMILES string of the molecule is COc1ccc(NC2CCN([C@H](C)CCNC(=O)OC(C)(C)C)CC2)cc1. The fraction of sp³-hybridized carbons (Fsp3) is 0.667. The number of carbonyl (C=O) groups excluding carboxylic acids is 1. The van der Waals surface area contributed by atoms with Crippen LogP contribution in [0.2, 0.25) is 0 Å². The molecule has 1 aliphatic rings. The van der Waals surface area contributed by atoms with Crippen LogP contribution in [0.5, 0.6) is 5.75 Å². The molecule has 1 amide bonds. The molecule has 0 bridgehead atoms. The van der Waals surface area contributed by atoms with Gasteiger partial charge in [-0.3, -0.25) is 0 Å². The van der Waals surface area contributed by atoms with Crippen molar-refractivity contribution in [3.63, 3.8) is 0 Å². The maximum atomic E-state index is 11.7. The maximum Gasteiger partial charge on any atom is 0.407 e. The van der Waals surface area contributed by atoms with Crippen LogP contribution < -0.4 is 15.4 Å². The third-order valence-electron chi connectivity index (χ3n) is 4.84. The molecule has 27 heavy (non-hydrogen) atoms. The highest BCUT2D eigenvalue weighted by atomic mass is 16.6. The molecule has 0 radical (unpaired) electrons. The summed E-state index contributed by atoms with van der Waals surface area (Å²) < 4.78 is 10.5. The van der Waals surface area contributed by atoms with Crippen LogP contribution in [0.3, 0.4) is 0 Å². The smallest absolute Gasteiger partial charge is 0.407 e. The van der Waals surface area contributed by atoms with Crippen molar-refractivity contribution in [2.24, 2.45) is 0 Å². The van der Waals surface area contributed by atoms with Crippen LogP contribution in [0.25, 0.3) is 0 Å². The van der Waals surface area contributed by atoms with Gasteiger partial charge in [0.1, 0.15) is 11.4 Å². The molecule has 1 atom stereocenters. The number of nitrogens with one attached hydrogen (secondary N) is 2. The Labute approximate surface area is 163 Å². The van der Waals surface area contributed by atoms with Gasteiger partial charge >= 0.3 is 6.09 Å². The molecule has 2 N–H and O–H groups in total. The van der Waals surface area contributed by atoms with Gasteiger partial charge in [-0.15, -0.1) is 0 Å². The van der Waals surface area contributed by atoms with Gasteiger partial charge in [0.2, 0.25) is 0 Å². The molecule has 0 spiro atoms. The van der Waals surface area contributed by atoms with Crippen LogP contribution in [0.4, 0.5) is 10.5 Å². The highest BCUT2D eigenvalue weighted by Crippen LogP contribution is 2.21. The second kappa shape index (κ2) is 9.83. The summed E-state index contributed by atoms with van der Waals surface area (Å²) in [5, 5.41) is 6.47. The van der Waals surface area contributed by atoms with E-state index in [4.69, 9.17) is 9.47 Å². The number of hydrogen-bond acceptors (Lipinski definition) is 5. The first-order chi connectivity index (χ1) is 12.8. The van der Waals surface area contributed by atoms with Crippen LogP contribution in [0.15, 0.2) is 24.3 Å². The molecule has 0 aromatic heterocycles.